The van der Waals surface area contributed by atoms with Gasteiger partial charge >= 0.3 is 0 Å². The van der Waals surface area contributed by atoms with Gasteiger partial charge in [-0.25, -0.2) is 5.43 Å². The zero-order valence-corrected chi connectivity index (χ0v) is 18.5. The van der Waals surface area contributed by atoms with Crippen molar-refractivity contribution in [1.29, 1.82) is 0 Å². The van der Waals surface area contributed by atoms with E-state index in [4.69, 9.17) is 14.2 Å². The van der Waals surface area contributed by atoms with Gasteiger partial charge in [0.15, 0.2) is 16.7 Å². The van der Waals surface area contributed by atoms with E-state index in [2.05, 4.69) is 20.7 Å². The van der Waals surface area contributed by atoms with E-state index < -0.39 is 0 Å². The zero-order valence-electron chi connectivity index (χ0n) is 17.7. The van der Waals surface area contributed by atoms with Crippen LogP contribution in [0, 0.1) is 6.92 Å². The summed E-state index contributed by atoms with van der Waals surface area (Å²) in [4.78, 5) is 12.2. The summed E-state index contributed by atoms with van der Waals surface area (Å²) in [6.07, 6.45) is 1.50. The number of carbonyl (C=O) groups is 1. The van der Waals surface area contributed by atoms with Gasteiger partial charge in [-0.15, -0.1) is 10.2 Å². The van der Waals surface area contributed by atoms with Crippen LogP contribution in [-0.2, 0) is 4.79 Å². The minimum atomic E-state index is -0.269. The minimum Gasteiger partial charge on any atom is -0.493 e. The molecule has 3 rings (SSSR count). The van der Waals surface area contributed by atoms with Crippen molar-refractivity contribution in [2.75, 3.05) is 27.1 Å². The molecule has 1 heterocycles. The van der Waals surface area contributed by atoms with Gasteiger partial charge in [0.2, 0.25) is 5.75 Å². The van der Waals surface area contributed by atoms with Crippen LogP contribution < -0.4 is 19.6 Å². The van der Waals surface area contributed by atoms with Crippen LogP contribution in [0.15, 0.2) is 52.7 Å². The van der Waals surface area contributed by atoms with Gasteiger partial charge in [0, 0.05) is 11.3 Å². The Labute approximate surface area is 184 Å². The number of aromatic nitrogens is 3. The van der Waals surface area contributed by atoms with Gasteiger partial charge in [-0.3, -0.25) is 9.36 Å². The van der Waals surface area contributed by atoms with Crippen molar-refractivity contribution >= 4 is 23.9 Å². The molecular formula is C21H23N5O4S. The lowest BCUT2D eigenvalue weighted by Gasteiger charge is -2.12. The van der Waals surface area contributed by atoms with Gasteiger partial charge in [0.05, 0.1) is 33.3 Å². The smallest absolute Gasteiger partial charge is 0.250 e. The molecule has 0 atom stereocenters. The van der Waals surface area contributed by atoms with Crippen LogP contribution in [-0.4, -0.2) is 54.0 Å². The van der Waals surface area contributed by atoms with Gasteiger partial charge in [0.25, 0.3) is 5.91 Å². The molecule has 0 spiro atoms. The SMILES string of the molecule is COc1cc(C=NNC(=O)CSc2nnc(C)n2-c2ccccc2)cc(OC)c1OC. The summed E-state index contributed by atoms with van der Waals surface area (Å²) >= 11 is 1.28. The highest BCUT2D eigenvalue weighted by molar-refractivity contribution is 7.99. The Morgan fingerprint density at radius 1 is 1.10 bits per heavy atom. The summed E-state index contributed by atoms with van der Waals surface area (Å²) in [5, 5.41) is 12.9. The van der Waals surface area contributed by atoms with Crippen LogP contribution in [0.3, 0.4) is 0 Å². The number of hydrazone groups is 1. The quantitative estimate of drug-likeness (QED) is 0.310. The number of methoxy groups -OCH3 is 3. The van der Waals surface area contributed by atoms with Gasteiger partial charge in [0.1, 0.15) is 5.82 Å². The first-order valence-corrected chi connectivity index (χ1v) is 10.3. The number of nitrogens with zero attached hydrogens (tertiary/aromatic N) is 4. The molecule has 0 fully saturated rings. The van der Waals surface area contributed by atoms with Crippen molar-refractivity contribution in [2.24, 2.45) is 5.10 Å². The number of para-hydroxylation sites is 1. The van der Waals surface area contributed by atoms with E-state index >= 15 is 0 Å². The number of benzene rings is 2. The Morgan fingerprint density at radius 3 is 2.39 bits per heavy atom. The number of nitrogens with one attached hydrogen (secondary N) is 1. The Hall–Kier alpha value is -3.53. The average molecular weight is 442 g/mol. The van der Waals surface area contributed by atoms with Crippen molar-refractivity contribution in [3.63, 3.8) is 0 Å². The van der Waals surface area contributed by atoms with Crippen LogP contribution >= 0.6 is 11.8 Å². The van der Waals surface area contributed by atoms with Gasteiger partial charge < -0.3 is 14.2 Å². The molecular weight excluding hydrogens is 418 g/mol. The Morgan fingerprint density at radius 2 is 1.77 bits per heavy atom. The van der Waals surface area contributed by atoms with Crippen molar-refractivity contribution < 1.29 is 19.0 Å². The maximum absolute atomic E-state index is 12.2. The second-order valence-electron chi connectivity index (χ2n) is 6.24. The van der Waals surface area contributed by atoms with Crippen LogP contribution in [0.1, 0.15) is 11.4 Å². The number of ether oxygens (including phenoxy) is 3. The zero-order chi connectivity index (χ0) is 22.2. The second kappa shape index (κ2) is 10.5. The lowest BCUT2D eigenvalue weighted by molar-refractivity contribution is -0.118. The second-order valence-corrected chi connectivity index (χ2v) is 7.18. The van der Waals surface area contributed by atoms with Crippen LogP contribution in [0.4, 0.5) is 0 Å². The third-order valence-corrected chi connectivity index (χ3v) is 5.16. The van der Waals surface area contributed by atoms with Crippen LogP contribution in [0.5, 0.6) is 17.2 Å². The highest BCUT2D eigenvalue weighted by atomic mass is 32.2. The number of amides is 1. The first-order valence-electron chi connectivity index (χ1n) is 9.29. The summed E-state index contributed by atoms with van der Waals surface area (Å²) in [6.45, 7) is 1.87. The van der Waals surface area contributed by atoms with Crippen LogP contribution in [0.2, 0.25) is 0 Å². The molecule has 10 heteroatoms. The first kappa shape index (κ1) is 22.2. The molecule has 2 aromatic carbocycles. The number of aryl methyl sites for hydroxylation is 1. The monoisotopic (exact) mass is 441 g/mol. The molecule has 9 nitrogen and oxygen atoms in total. The number of carbonyl (C=O) groups excluding carboxylic acids is 1. The molecule has 0 radical (unpaired) electrons. The molecule has 0 saturated carbocycles. The molecule has 1 aromatic heterocycles. The summed E-state index contributed by atoms with van der Waals surface area (Å²) in [6, 6.07) is 13.2. The van der Waals surface area contributed by atoms with Crippen LogP contribution in [0.25, 0.3) is 5.69 Å². The molecule has 0 saturated heterocycles. The van der Waals surface area contributed by atoms with Gasteiger partial charge in [-0.1, -0.05) is 30.0 Å². The molecule has 0 aliphatic rings. The molecule has 31 heavy (non-hydrogen) atoms. The van der Waals surface area contributed by atoms with Crippen molar-refractivity contribution in [3.8, 4) is 22.9 Å². The fourth-order valence-corrected chi connectivity index (χ4v) is 3.62. The van der Waals surface area contributed by atoms with E-state index in [-0.39, 0.29) is 11.7 Å². The lowest BCUT2D eigenvalue weighted by atomic mass is 10.2. The van der Waals surface area contributed by atoms with E-state index in [9.17, 15) is 4.79 Å². The standard InChI is InChI=1S/C21H23N5O4S/c1-14-23-25-21(26(14)16-8-6-5-7-9-16)31-13-19(27)24-22-12-15-10-17(28-2)20(30-4)18(11-15)29-3/h5-12H,13H2,1-4H3,(H,24,27). The van der Waals surface area contributed by atoms with E-state index in [1.165, 1.54) is 39.3 Å². The number of thioether (sulfide) groups is 1. The summed E-state index contributed by atoms with van der Waals surface area (Å²) in [5.41, 5.74) is 4.13. The van der Waals surface area contributed by atoms with E-state index in [0.29, 0.717) is 28.0 Å². The third kappa shape index (κ3) is 5.34. The topological polar surface area (TPSA) is 99.9 Å². The van der Waals surface area contributed by atoms with E-state index in [0.717, 1.165) is 11.5 Å². The molecule has 0 bridgehead atoms. The highest BCUT2D eigenvalue weighted by Gasteiger charge is 2.14. The fourth-order valence-electron chi connectivity index (χ4n) is 2.83. The molecule has 1 amide bonds. The Kier molecular flexibility index (Phi) is 7.50. The number of hydrogen-bond acceptors (Lipinski definition) is 8. The normalized spacial score (nSPS) is 10.8. The van der Waals surface area contributed by atoms with E-state index in [1.54, 1.807) is 12.1 Å². The lowest BCUT2D eigenvalue weighted by Crippen LogP contribution is -2.20. The van der Waals surface area contributed by atoms with Gasteiger partial charge in [-0.05, 0) is 31.2 Å². The third-order valence-electron chi connectivity index (χ3n) is 4.23. The molecule has 0 aliphatic carbocycles. The number of rotatable bonds is 9. The highest BCUT2D eigenvalue weighted by Crippen LogP contribution is 2.37. The summed E-state index contributed by atoms with van der Waals surface area (Å²) in [5.74, 6) is 2.10. The van der Waals surface area contributed by atoms with E-state index in [1.807, 2.05) is 41.8 Å². The van der Waals surface area contributed by atoms with Crippen molar-refractivity contribution in [2.45, 2.75) is 12.1 Å². The molecule has 162 valence electrons. The molecule has 0 aliphatic heterocycles. The molecule has 0 unspecified atom stereocenters. The summed E-state index contributed by atoms with van der Waals surface area (Å²) < 4.78 is 17.8. The predicted molar refractivity (Wildman–Crippen MR) is 119 cm³/mol. The minimum absolute atomic E-state index is 0.136. The Balaban J connectivity index is 1.63. The molecule has 3 aromatic rings. The summed E-state index contributed by atoms with van der Waals surface area (Å²) in [7, 11) is 4.60. The van der Waals surface area contributed by atoms with Crippen molar-refractivity contribution in [1.82, 2.24) is 20.2 Å². The largest absolute Gasteiger partial charge is 0.493 e. The first-order chi connectivity index (χ1) is 15.1. The maximum Gasteiger partial charge on any atom is 0.250 e. The maximum atomic E-state index is 12.2. The Bertz CT molecular complexity index is 1040. The fraction of sp³-hybridized carbons (Fsp3) is 0.238. The van der Waals surface area contributed by atoms with Gasteiger partial charge in [-0.2, -0.15) is 5.10 Å². The average Bonchev–Trinajstić information content (AvgIpc) is 3.17. The predicted octanol–water partition coefficient (Wildman–Crippen LogP) is 2.84. The number of hydrogen-bond donors (Lipinski definition) is 1. The molecule has 1 N–H and O–H groups in total. The van der Waals surface area contributed by atoms with Crippen molar-refractivity contribution in [3.05, 3.63) is 53.9 Å².